The predicted octanol–water partition coefficient (Wildman–Crippen LogP) is 1.63. The number of pyridine rings is 1. The zero-order valence-corrected chi connectivity index (χ0v) is 10.4. The maximum Gasteiger partial charge on any atom is 0.126 e. The number of anilines is 2. The number of rotatable bonds is 3. The summed E-state index contributed by atoms with van der Waals surface area (Å²) in [6, 6.07) is 1.95. The number of nitrogens with one attached hydrogen (secondary N) is 1. The fourth-order valence-electron chi connectivity index (χ4n) is 1.57. The molecule has 5 nitrogen and oxygen atoms in total. The number of nitrogen functional groups attached to an aromatic ring is 1. The average Bonchev–Trinajstić information content (AvgIpc) is 2.62. The number of hydrogen-bond donors (Lipinski definition) is 2. The lowest BCUT2D eigenvalue weighted by Crippen LogP contribution is -2.04. The highest BCUT2D eigenvalue weighted by molar-refractivity contribution is 5.51. The van der Waals surface area contributed by atoms with Gasteiger partial charge in [-0.1, -0.05) is 0 Å². The molecule has 3 N–H and O–H groups in total. The summed E-state index contributed by atoms with van der Waals surface area (Å²) in [6.45, 7) is 4.74. The van der Waals surface area contributed by atoms with E-state index >= 15 is 0 Å². The van der Waals surface area contributed by atoms with Crippen molar-refractivity contribution in [1.82, 2.24) is 14.8 Å². The van der Waals surface area contributed by atoms with Crippen molar-refractivity contribution < 1.29 is 0 Å². The summed E-state index contributed by atoms with van der Waals surface area (Å²) in [6.07, 6.45) is 3.54. The van der Waals surface area contributed by atoms with Crippen LogP contribution in [0, 0.1) is 13.8 Å². The standard InChI is InChI=1S/C12H17N5/c1-8-4-12(15-7-11(8)13)14-5-10-6-16-17(3)9(10)2/h4,6-7H,5,13H2,1-3H3,(H,14,15). The third-order valence-corrected chi connectivity index (χ3v) is 2.95. The molecule has 2 aromatic rings. The van der Waals surface area contributed by atoms with Gasteiger partial charge in [0.15, 0.2) is 0 Å². The summed E-state index contributed by atoms with van der Waals surface area (Å²) < 4.78 is 1.86. The van der Waals surface area contributed by atoms with Gasteiger partial charge in [-0.15, -0.1) is 0 Å². The van der Waals surface area contributed by atoms with Crippen molar-refractivity contribution >= 4 is 11.5 Å². The Morgan fingerprint density at radius 2 is 2.12 bits per heavy atom. The monoisotopic (exact) mass is 231 g/mol. The summed E-state index contributed by atoms with van der Waals surface area (Å²) in [5.41, 5.74) is 9.80. The number of nitrogens with zero attached hydrogens (tertiary/aromatic N) is 3. The van der Waals surface area contributed by atoms with E-state index in [0.717, 1.165) is 23.6 Å². The van der Waals surface area contributed by atoms with E-state index in [4.69, 9.17) is 5.73 Å². The SMILES string of the molecule is Cc1cc(NCc2cnn(C)c2C)ncc1N. The minimum atomic E-state index is 0.716. The van der Waals surface area contributed by atoms with E-state index in [1.54, 1.807) is 6.20 Å². The van der Waals surface area contributed by atoms with Crippen molar-refractivity contribution in [3.05, 3.63) is 35.3 Å². The zero-order chi connectivity index (χ0) is 12.4. The maximum atomic E-state index is 5.72. The highest BCUT2D eigenvalue weighted by Gasteiger charge is 2.04. The summed E-state index contributed by atoms with van der Waals surface area (Å²) in [5, 5.41) is 7.46. The molecule has 0 aliphatic rings. The Kier molecular flexibility index (Phi) is 2.99. The Bertz CT molecular complexity index is 530. The normalized spacial score (nSPS) is 10.5. The van der Waals surface area contributed by atoms with Gasteiger partial charge >= 0.3 is 0 Å². The number of aryl methyl sites for hydroxylation is 2. The quantitative estimate of drug-likeness (QED) is 0.842. The molecule has 0 aromatic carbocycles. The fraction of sp³-hybridized carbons (Fsp3) is 0.333. The van der Waals surface area contributed by atoms with Crippen molar-refractivity contribution in [3.63, 3.8) is 0 Å². The van der Waals surface area contributed by atoms with Crippen molar-refractivity contribution in [2.75, 3.05) is 11.1 Å². The van der Waals surface area contributed by atoms with Crippen LogP contribution in [0.15, 0.2) is 18.5 Å². The molecule has 17 heavy (non-hydrogen) atoms. The third-order valence-electron chi connectivity index (χ3n) is 2.95. The van der Waals surface area contributed by atoms with E-state index in [1.165, 1.54) is 5.56 Å². The lowest BCUT2D eigenvalue weighted by molar-refractivity contribution is 0.738. The zero-order valence-electron chi connectivity index (χ0n) is 10.4. The van der Waals surface area contributed by atoms with Crippen LogP contribution in [0.5, 0.6) is 0 Å². The summed E-state index contributed by atoms with van der Waals surface area (Å²) in [5.74, 6) is 0.833. The third kappa shape index (κ3) is 2.38. The van der Waals surface area contributed by atoms with Crippen LogP contribution in [0.4, 0.5) is 11.5 Å². The summed E-state index contributed by atoms with van der Waals surface area (Å²) in [4.78, 5) is 4.23. The smallest absolute Gasteiger partial charge is 0.126 e. The molecular weight excluding hydrogens is 214 g/mol. The Labute approximate surface area is 101 Å². The number of nitrogens with two attached hydrogens (primary N) is 1. The van der Waals surface area contributed by atoms with Gasteiger partial charge in [0.1, 0.15) is 5.82 Å². The molecule has 0 amide bonds. The minimum absolute atomic E-state index is 0.716. The Morgan fingerprint density at radius 1 is 1.35 bits per heavy atom. The predicted molar refractivity (Wildman–Crippen MR) is 68.7 cm³/mol. The molecule has 0 atom stereocenters. The molecule has 0 spiro atoms. The van der Waals surface area contributed by atoms with Crippen LogP contribution >= 0.6 is 0 Å². The van der Waals surface area contributed by atoms with Crippen LogP contribution in [0.3, 0.4) is 0 Å². The van der Waals surface area contributed by atoms with Gasteiger partial charge in [0, 0.05) is 24.8 Å². The van der Waals surface area contributed by atoms with Crippen molar-refractivity contribution in [2.45, 2.75) is 20.4 Å². The molecule has 0 radical (unpaired) electrons. The molecule has 0 aliphatic carbocycles. The molecule has 2 heterocycles. The Morgan fingerprint density at radius 3 is 2.71 bits per heavy atom. The van der Waals surface area contributed by atoms with Gasteiger partial charge in [0.25, 0.3) is 0 Å². The fourth-order valence-corrected chi connectivity index (χ4v) is 1.57. The van der Waals surface area contributed by atoms with Crippen molar-refractivity contribution in [1.29, 1.82) is 0 Å². The lowest BCUT2D eigenvalue weighted by atomic mass is 10.2. The van der Waals surface area contributed by atoms with Crippen LogP contribution in [0.25, 0.3) is 0 Å². The van der Waals surface area contributed by atoms with E-state index in [1.807, 2.05) is 37.8 Å². The van der Waals surface area contributed by atoms with Crippen molar-refractivity contribution in [2.24, 2.45) is 7.05 Å². The second kappa shape index (κ2) is 4.45. The highest BCUT2D eigenvalue weighted by atomic mass is 15.3. The Hall–Kier alpha value is -2.04. The first-order valence-electron chi connectivity index (χ1n) is 5.51. The largest absolute Gasteiger partial charge is 0.397 e. The van der Waals surface area contributed by atoms with E-state index in [9.17, 15) is 0 Å². The van der Waals surface area contributed by atoms with E-state index < -0.39 is 0 Å². The number of aromatic nitrogens is 3. The van der Waals surface area contributed by atoms with Gasteiger partial charge in [-0.05, 0) is 25.5 Å². The van der Waals surface area contributed by atoms with Crippen LogP contribution < -0.4 is 11.1 Å². The van der Waals surface area contributed by atoms with Crippen LogP contribution in [-0.2, 0) is 13.6 Å². The van der Waals surface area contributed by atoms with Gasteiger partial charge in [-0.25, -0.2) is 4.98 Å². The molecular formula is C12H17N5. The molecule has 0 saturated heterocycles. The molecule has 2 aromatic heterocycles. The maximum absolute atomic E-state index is 5.72. The van der Waals surface area contributed by atoms with Crippen LogP contribution in [0.1, 0.15) is 16.8 Å². The van der Waals surface area contributed by atoms with E-state index in [2.05, 4.69) is 15.4 Å². The molecule has 0 aliphatic heterocycles. The van der Waals surface area contributed by atoms with Gasteiger partial charge in [-0.2, -0.15) is 5.10 Å². The summed E-state index contributed by atoms with van der Waals surface area (Å²) in [7, 11) is 1.93. The van der Waals surface area contributed by atoms with Gasteiger partial charge in [0.05, 0.1) is 18.1 Å². The minimum Gasteiger partial charge on any atom is -0.397 e. The van der Waals surface area contributed by atoms with Crippen LogP contribution in [0.2, 0.25) is 0 Å². The van der Waals surface area contributed by atoms with E-state index in [0.29, 0.717) is 5.69 Å². The van der Waals surface area contributed by atoms with Gasteiger partial charge in [0.2, 0.25) is 0 Å². The van der Waals surface area contributed by atoms with Crippen molar-refractivity contribution in [3.8, 4) is 0 Å². The Balaban J connectivity index is 2.07. The highest BCUT2D eigenvalue weighted by Crippen LogP contribution is 2.14. The molecule has 0 unspecified atom stereocenters. The average molecular weight is 231 g/mol. The van der Waals surface area contributed by atoms with Crippen LogP contribution in [-0.4, -0.2) is 14.8 Å². The van der Waals surface area contributed by atoms with Gasteiger partial charge in [-0.3, -0.25) is 4.68 Å². The molecule has 0 saturated carbocycles. The molecule has 5 heteroatoms. The molecule has 0 fully saturated rings. The first-order valence-corrected chi connectivity index (χ1v) is 5.51. The molecule has 90 valence electrons. The second-order valence-corrected chi connectivity index (χ2v) is 4.16. The molecule has 2 rings (SSSR count). The topological polar surface area (TPSA) is 68.8 Å². The summed E-state index contributed by atoms with van der Waals surface area (Å²) >= 11 is 0. The molecule has 0 bridgehead atoms. The lowest BCUT2D eigenvalue weighted by Gasteiger charge is -2.07. The van der Waals surface area contributed by atoms with E-state index in [-0.39, 0.29) is 0 Å². The van der Waals surface area contributed by atoms with Gasteiger partial charge < -0.3 is 11.1 Å². The second-order valence-electron chi connectivity index (χ2n) is 4.16. The first-order chi connectivity index (χ1) is 8.08. The number of hydrogen-bond acceptors (Lipinski definition) is 4. The first kappa shape index (κ1) is 11.4.